The second-order valence-corrected chi connectivity index (χ2v) is 7.35. The molecule has 1 heterocycles. The summed E-state index contributed by atoms with van der Waals surface area (Å²) in [6.45, 7) is 9.11. The molecule has 0 amide bonds. The smallest absolute Gasteiger partial charge is 0.239 e. The molecule has 0 bridgehead atoms. The van der Waals surface area contributed by atoms with E-state index in [4.69, 9.17) is 9.47 Å². The normalized spacial score (nSPS) is 36.1. The van der Waals surface area contributed by atoms with Crippen LogP contribution >= 0.6 is 0 Å². The fraction of sp³-hybridized carbons (Fsp3) is 0.875. The second-order valence-electron chi connectivity index (χ2n) is 7.35. The minimum absolute atomic E-state index is 0.198. The summed E-state index contributed by atoms with van der Waals surface area (Å²) < 4.78 is 10.6. The van der Waals surface area contributed by atoms with Gasteiger partial charge in [0, 0.05) is 6.42 Å². The van der Waals surface area contributed by atoms with Crippen LogP contribution in [0.15, 0.2) is 12.5 Å². The molecule has 1 aliphatic heterocycles. The van der Waals surface area contributed by atoms with Gasteiger partial charge in [0.25, 0.3) is 0 Å². The lowest BCUT2D eigenvalue weighted by Crippen LogP contribution is -2.44. The Morgan fingerprint density at radius 2 is 1.89 bits per heavy atom. The lowest BCUT2D eigenvalue weighted by atomic mass is 9.63. The van der Waals surface area contributed by atoms with E-state index in [-0.39, 0.29) is 6.29 Å². The van der Waals surface area contributed by atoms with E-state index in [0.717, 1.165) is 32.1 Å². The highest BCUT2D eigenvalue weighted by molar-refractivity contribution is 4.93. The molecule has 110 valence electrons. The molecule has 0 saturated heterocycles. The van der Waals surface area contributed by atoms with Crippen molar-refractivity contribution in [3.05, 3.63) is 12.5 Å². The van der Waals surface area contributed by atoms with Crippen molar-refractivity contribution in [2.45, 2.75) is 71.7 Å². The summed E-state index contributed by atoms with van der Waals surface area (Å²) in [5.41, 5.74) is -0.200. The van der Waals surface area contributed by atoms with Crippen LogP contribution < -0.4 is 0 Å². The Hall–Kier alpha value is -0.700. The van der Waals surface area contributed by atoms with E-state index < -0.39 is 5.60 Å². The first-order valence-electron chi connectivity index (χ1n) is 7.49. The molecule has 0 spiro atoms. The Morgan fingerprint density at radius 1 is 1.26 bits per heavy atom. The van der Waals surface area contributed by atoms with Crippen molar-refractivity contribution in [1.82, 2.24) is 0 Å². The highest BCUT2D eigenvalue weighted by atomic mass is 16.7. The van der Waals surface area contributed by atoms with Crippen molar-refractivity contribution >= 4 is 0 Å². The van der Waals surface area contributed by atoms with Crippen LogP contribution in [-0.4, -0.2) is 17.0 Å². The molecule has 1 fully saturated rings. The maximum atomic E-state index is 10.9. The molecular weight excluding hydrogens is 240 g/mol. The van der Waals surface area contributed by atoms with Crippen LogP contribution in [-0.2, 0) is 9.47 Å². The molecular formula is C16H28O3. The summed E-state index contributed by atoms with van der Waals surface area (Å²) in [7, 11) is 0. The predicted molar refractivity (Wildman–Crippen MR) is 75.2 cm³/mol. The molecule has 3 nitrogen and oxygen atoms in total. The Bertz CT molecular complexity index is 323. The first-order valence-corrected chi connectivity index (χ1v) is 7.49. The average Bonchev–Trinajstić information content (AvgIpc) is 2.82. The van der Waals surface area contributed by atoms with Gasteiger partial charge in [-0.25, -0.2) is 0 Å². The number of hydrogen-bond acceptors (Lipinski definition) is 3. The monoisotopic (exact) mass is 268 g/mol. The average molecular weight is 268 g/mol. The van der Waals surface area contributed by atoms with Crippen molar-refractivity contribution < 1.29 is 14.6 Å². The van der Waals surface area contributed by atoms with Crippen LogP contribution in [0.3, 0.4) is 0 Å². The molecule has 1 saturated carbocycles. The fourth-order valence-electron chi connectivity index (χ4n) is 3.37. The van der Waals surface area contributed by atoms with Crippen LogP contribution in [0, 0.1) is 17.3 Å². The maximum absolute atomic E-state index is 10.9. The van der Waals surface area contributed by atoms with Gasteiger partial charge in [0.05, 0.1) is 5.60 Å². The molecule has 1 aliphatic carbocycles. The van der Waals surface area contributed by atoms with Crippen molar-refractivity contribution in [3.8, 4) is 0 Å². The molecule has 2 aliphatic rings. The third kappa shape index (κ3) is 3.44. The summed E-state index contributed by atoms with van der Waals surface area (Å²) in [6, 6.07) is 0. The van der Waals surface area contributed by atoms with Crippen LogP contribution in [0.2, 0.25) is 0 Å². The van der Waals surface area contributed by atoms with Gasteiger partial charge in [0.15, 0.2) is 0 Å². The number of aliphatic hydroxyl groups is 1. The summed E-state index contributed by atoms with van der Waals surface area (Å²) in [6.07, 6.45) is 7.61. The Balaban J connectivity index is 1.86. The van der Waals surface area contributed by atoms with E-state index in [1.165, 1.54) is 0 Å². The van der Waals surface area contributed by atoms with Crippen LogP contribution in [0.25, 0.3) is 0 Å². The molecule has 0 aromatic heterocycles. The largest absolute Gasteiger partial charge is 0.459 e. The zero-order chi connectivity index (χ0) is 14.1. The Kier molecular flexibility index (Phi) is 4.14. The van der Waals surface area contributed by atoms with Gasteiger partial charge in [-0.1, -0.05) is 27.7 Å². The van der Waals surface area contributed by atoms with E-state index >= 15 is 0 Å². The Morgan fingerprint density at radius 3 is 2.42 bits per heavy atom. The molecule has 0 aromatic rings. The SMILES string of the molecule is CC1CC(C(C)(C)C)CCC1(O)CCC1OC=CO1. The van der Waals surface area contributed by atoms with Gasteiger partial charge in [0.1, 0.15) is 12.5 Å². The van der Waals surface area contributed by atoms with E-state index in [1.807, 2.05) is 0 Å². The fourth-order valence-corrected chi connectivity index (χ4v) is 3.37. The molecule has 3 heteroatoms. The van der Waals surface area contributed by atoms with Crippen LogP contribution in [0.1, 0.15) is 59.8 Å². The van der Waals surface area contributed by atoms with Gasteiger partial charge in [-0.15, -0.1) is 0 Å². The van der Waals surface area contributed by atoms with Gasteiger partial charge in [-0.2, -0.15) is 0 Å². The standard InChI is InChI=1S/C16H28O3/c1-12-11-13(15(2,3)4)5-7-16(12,17)8-6-14-18-9-10-19-14/h9-10,12-14,17H,5-8,11H2,1-4H3. The molecule has 2 rings (SSSR count). The summed E-state index contributed by atoms with van der Waals surface area (Å²) in [5, 5.41) is 10.9. The highest BCUT2D eigenvalue weighted by Crippen LogP contribution is 2.46. The minimum atomic E-state index is -0.545. The third-order valence-corrected chi connectivity index (χ3v) is 5.04. The summed E-state index contributed by atoms with van der Waals surface area (Å²) in [5.74, 6) is 1.06. The molecule has 0 aromatic carbocycles. The van der Waals surface area contributed by atoms with Crippen molar-refractivity contribution in [2.75, 3.05) is 0 Å². The van der Waals surface area contributed by atoms with Gasteiger partial charge in [0.2, 0.25) is 6.29 Å². The molecule has 1 N–H and O–H groups in total. The molecule has 0 radical (unpaired) electrons. The van der Waals surface area contributed by atoms with Gasteiger partial charge in [-0.05, 0) is 42.9 Å². The predicted octanol–water partition coefficient (Wildman–Crippen LogP) is 3.82. The zero-order valence-corrected chi connectivity index (χ0v) is 12.7. The van der Waals surface area contributed by atoms with Crippen LogP contribution in [0.5, 0.6) is 0 Å². The topological polar surface area (TPSA) is 38.7 Å². The maximum Gasteiger partial charge on any atom is 0.239 e. The highest BCUT2D eigenvalue weighted by Gasteiger charge is 2.42. The van der Waals surface area contributed by atoms with Crippen molar-refractivity contribution in [2.24, 2.45) is 17.3 Å². The van der Waals surface area contributed by atoms with Gasteiger partial charge < -0.3 is 14.6 Å². The molecule has 19 heavy (non-hydrogen) atoms. The first-order chi connectivity index (χ1) is 8.81. The summed E-state index contributed by atoms with van der Waals surface area (Å²) in [4.78, 5) is 0. The van der Waals surface area contributed by atoms with E-state index in [0.29, 0.717) is 17.3 Å². The van der Waals surface area contributed by atoms with Gasteiger partial charge >= 0.3 is 0 Å². The van der Waals surface area contributed by atoms with Crippen molar-refractivity contribution in [1.29, 1.82) is 0 Å². The first kappa shape index (κ1) is 14.7. The summed E-state index contributed by atoms with van der Waals surface area (Å²) >= 11 is 0. The minimum Gasteiger partial charge on any atom is -0.459 e. The lowest BCUT2D eigenvalue weighted by Gasteiger charge is -2.46. The van der Waals surface area contributed by atoms with E-state index in [1.54, 1.807) is 12.5 Å². The van der Waals surface area contributed by atoms with Crippen molar-refractivity contribution in [3.63, 3.8) is 0 Å². The zero-order valence-electron chi connectivity index (χ0n) is 12.7. The lowest BCUT2D eigenvalue weighted by molar-refractivity contribution is -0.0984. The number of rotatable bonds is 3. The van der Waals surface area contributed by atoms with Gasteiger partial charge in [-0.3, -0.25) is 0 Å². The quantitative estimate of drug-likeness (QED) is 0.845. The van der Waals surface area contributed by atoms with E-state index in [2.05, 4.69) is 27.7 Å². The number of ether oxygens (including phenoxy) is 2. The molecule has 3 atom stereocenters. The molecule has 3 unspecified atom stereocenters. The number of hydrogen-bond donors (Lipinski definition) is 1. The Labute approximate surface area is 117 Å². The second kappa shape index (κ2) is 5.35. The third-order valence-electron chi connectivity index (χ3n) is 5.04. The van der Waals surface area contributed by atoms with Crippen LogP contribution in [0.4, 0.5) is 0 Å². The van der Waals surface area contributed by atoms with E-state index in [9.17, 15) is 5.11 Å².